The number of hydrogen-bond acceptors (Lipinski definition) is 0. The van der Waals surface area contributed by atoms with Crippen molar-refractivity contribution in [1.29, 1.82) is 0 Å². The van der Waals surface area contributed by atoms with Gasteiger partial charge in [0.1, 0.15) is 0 Å². The average molecular weight is 204 g/mol. The number of allylic oxidation sites excluding steroid dienone is 5. The van der Waals surface area contributed by atoms with Crippen LogP contribution in [-0.2, 0) is 0 Å². The molecule has 0 radical (unpaired) electrons. The molecule has 1 aliphatic carbocycles. The maximum atomic E-state index is 4.00. The van der Waals surface area contributed by atoms with Gasteiger partial charge in [-0.2, -0.15) is 0 Å². The van der Waals surface area contributed by atoms with Gasteiger partial charge < -0.3 is 0 Å². The highest BCUT2D eigenvalue weighted by atomic mass is 14.3. The summed E-state index contributed by atoms with van der Waals surface area (Å²) in [6, 6.07) is 0. The first-order chi connectivity index (χ1) is 7.06. The summed E-state index contributed by atoms with van der Waals surface area (Å²) in [5.41, 5.74) is 4.86. The minimum absolute atomic E-state index is 0.273. The Labute approximate surface area is 94.8 Å². The summed E-state index contributed by atoms with van der Waals surface area (Å²) in [6.45, 7) is 13.1. The van der Waals surface area contributed by atoms with E-state index in [0.717, 1.165) is 0 Å². The molecule has 84 valence electrons. The van der Waals surface area contributed by atoms with Gasteiger partial charge in [0.05, 0.1) is 0 Å². The van der Waals surface area contributed by atoms with Gasteiger partial charge in [-0.3, -0.25) is 0 Å². The first-order valence-electron chi connectivity index (χ1n) is 6.08. The van der Waals surface area contributed by atoms with E-state index < -0.39 is 0 Å². The molecule has 0 aromatic carbocycles. The molecule has 1 rings (SSSR count). The van der Waals surface area contributed by atoms with Gasteiger partial charge in [0.25, 0.3) is 0 Å². The summed E-state index contributed by atoms with van der Waals surface area (Å²) in [5, 5.41) is 0. The van der Waals surface area contributed by atoms with E-state index in [0.29, 0.717) is 0 Å². The monoisotopic (exact) mass is 204 g/mol. The molecule has 0 saturated heterocycles. The molecule has 0 aromatic rings. The molecular formula is C15H24. The van der Waals surface area contributed by atoms with Crippen LogP contribution in [0.5, 0.6) is 0 Å². The third-order valence-corrected chi connectivity index (χ3v) is 3.75. The Morgan fingerprint density at radius 1 is 1.40 bits per heavy atom. The zero-order valence-corrected chi connectivity index (χ0v) is 10.7. The normalized spacial score (nSPS) is 23.3. The van der Waals surface area contributed by atoms with Crippen LogP contribution in [0, 0.1) is 5.41 Å². The topological polar surface area (TPSA) is 0 Å². The zero-order valence-electron chi connectivity index (χ0n) is 10.7. The second-order valence-electron chi connectivity index (χ2n) is 5.00. The van der Waals surface area contributed by atoms with E-state index in [4.69, 9.17) is 0 Å². The lowest BCUT2D eigenvalue weighted by Crippen LogP contribution is -2.14. The average Bonchev–Trinajstić information content (AvgIpc) is 2.66. The lowest BCUT2D eigenvalue weighted by Gasteiger charge is -2.27. The molecule has 0 N–H and O–H groups in total. The van der Waals surface area contributed by atoms with Crippen molar-refractivity contribution in [1.82, 2.24) is 0 Å². The van der Waals surface area contributed by atoms with Crippen LogP contribution in [0.25, 0.3) is 0 Å². The third-order valence-electron chi connectivity index (χ3n) is 3.75. The van der Waals surface area contributed by atoms with Gasteiger partial charge >= 0.3 is 0 Å². The molecule has 0 unspecified atom stereocenters. The van der Waals surface area contributed by atoms with E-state index in [1.165, 1.54) is 31.3 Å². The van der Waals surface area contributed by atoms with Gasteiger partial charge in [0, 0.05) is 0 Å². The van der Waals surface area contributed by atoms with Gasteiger partial charge in [0.2, 0.25) is 0 Å². The van der Waals surface area contributed by atoms with E-state index in [9.17, 15) is 0 Å². The van der Waals surface area contributed by atoms with Crippen LogP contribution in [0.15, 0.2) is 35.5 Å². The van der Waals surface area contributed by atoms with E-state index >= 15 is 0 Å². The Hall–Kier alpha value is -0.780. The molecule has 0 heteroatoms. The van der Waals surface area contributed by atoms with E-state index in [1.807, 2.05) is 0 Å². The minimum atomic E-state index is 0.273. The largest absolute Gasteiger partial charge is 0.0988 e. The van der Waals surface area contributed by atoms with E-state index in [2.05, 4.69) is 46.4 Å². The fourth-order valence-electron chi connectivity index (χ4n) is 2.39. The molecular weight excluding hydrogens is 180 g/mol. The standard InChI is InChI=1S/C15H24/c1-6-12-10-9-11-13(12)14(7-2)15(4,5)8-3/h6-7H,2,8-11H2,1,3-5H3/b12-6-,14-13+. The summed E-state index contributed by atoms with van der Waals surface area (Å²) in [6.07, 6.45) is 9.33. The first kappa shape index (κ1) is 12.3. The Morgan fingerprint density at radius 2 is 2.07 bits per heavy atom. The number of hydrogen-bond donors (Lipinski definition) is 0. The Bertz CT molecular complexity index is 300. The second-order valence-corrected chi connectivity index (χ2v) is 5.00. The maximum Gasteiger partial charge on any atom is -0.0104 e. The highest BCUT2D eigenvalue weighted by Gasteiger charge is 2.25. The van der Waals surface area contributed by atoms with Crippen LogP contribution in [0.1, 0.15) is 53.4 Å². The van der Waals surface area contributed by atoms with Crippen molar-refractivity contribution < 1.29 is 0 Å². The Kier molecular flexibility index (Phi) is 3.96. The minimum Gasteiger partial charge on any atom is -0.0988 e. The number of rotatable bonds is 3. The molecule has 1 saturated carbocycles. The molecule has 0 bridgehead atoms. The van der Waals surface area contributed by atoms with Crippen molar-refractivity contribution >= 4 is 0 Å². The Morgan fingerprint density at radius 3 is 2.53 bits per heavy atom. The predicted molar refractivity (Wildman–Crippen MR) is 68.9 cm³/mol. The fraction of sp³-hybridized carbons (Fsp3) is 0.600. The van der Waals surface area contributed by atoms with Crippen LogP contribution < -0.4 is 0 Å². The smallest absolute Gasteiger partial charge is 0.0104 e. The summed E-state index contributed by atoms with van der Waals surface area (Å²) >= 11 is 0. The lowest BCUT2D eigenvalue weighted by molar-refractivity contribution is 0.436. The van der Waals surface area contributed by atoms with Gasteiger partial charge in [-0.25, -0.2) is 0 Å². The highest BCUT2D eigenvalue weighted by molar-refractivity contribution is 5.44. The molecule has 0 nitrogen and oxygen atoms in total. The molecule has 1 aliphatic rings. The summed E-state index contributed by atoms with van der Waals surface area (Å²) < 4.78 is 0. The van der Waals surface area contributed by atoms with Crippen molar-refractivity contribution in [3.05, 3.63) is 35.5 Å². The first-order valence-corrected chi connectivity index (χ1v) is 6.08. The molecule has 0 atom stereocenters. The highest BCUT2D eigenvalue weighted by Crippen LogP contribution is 2.41. The van der Waals surface area contributed by atoms with Crippen molar-refractivity contribution in [2.75, 3.05) is 0 Å². The second kappa shape index (κ2) is 4.83. The summed E-state index contributed by atoms with van der Waals surface area (Å²) in [7, 11) is 0. The van der Waals surface area contributed by atoms with E-state index in [1.54, 1.807) is 11.1 Å². The molecule has 15 heavy (non-hydrogen) atoms. The SMILES string of the molecule is C=C/C(=C1/CCC/C1=C/C)C(C)(C)CC. The quantitative estimate of drug-likeness (QED) is 0.604. The van der Waals surface area contributed by atoms with E-state index in [-0.39, 0.29) is 5.41 Å². The van der Waals surface area contributed by atoms with Crippen LogP contribution in [0.3, 0.4) is 0 Å². The zero-order chi connectivity index (χ0) is 11.5. The molecule has 0 aliphatic heterocycles. The predicted octanol–water partition coefficient (Wildman–Crippen LogP) is 5.04. The van der Waals surface area contributed by atoms with Gasteiger partial charge in [-0.05, 0) is 54.7 Å². The van der Waals surface area contributed by atoms with Crippen LogP contribution in [-0.4, -0.2) is 0 Å². The molecule has 0 spiro atoms. The van der Waals surface area contributed by atoms with Crippen molar-refractivity contribution in [3.63, 3.8) is 0 Å². The van der Waals surface area contributed by atoms with Crippen molar-refractivity contribution in [2.45, 2.75) is 53.4 Å². The van der Waals surface area contributed by atoms with Crippen LogP contribution >= 0.6 is 0 Å². The van der Waals surface area contributed by atoms with Gasteiger partial charge in [-0.1, -0.05) is 39.5 Å². The van der Waals surface area contributed by atoms with Crippen molar-refractivity contribution in [3.8, 4) is 0 Å². The van der Waals surface area contributed by atoms with Gasteiger partial charge in [-0.15, -0.1) is 0 Å². The summed E-state index contributed by atoms with van der Waals surface area (Å²) in [4.78, 5) is 0. The lowest BCUT2D eigenvalue weighted by atomic mass is 9.78. The van der Waals surface area contributed by atoms with Crippen LogP contribution in [0.4, 0.5) is 0 Å². The molecule has 1 fully saturated rings. The molecule has 0 amide bonds. The summed E-state index contributed by atoms with van der Waals surface area (Å²) in [5.74, 6) is 0. The maximum absolute atomic E-state index is 4.00. The molecule has 0 aromatic heterocycles. The van der Waals surface area contributed by atoms with Gasteiger partial charge in [0.15, 0.2) is 0 Å². The third kappa shape index (κ3) is 2.42. The Balaban J connectivity index is 3.19. The molecule has 0 heterocycles. The van der Waals surface area contributed by atoms with Crippen molar-refractivity contribution in [2.24, 2.45) is 5.41 Å². The fourth-order valence-corrected chi connectivity index (χ4v) is 2.39. The van der Waals surface area contributed by atoms with Crippen LogP contribution in [0.2, 0.25) is 0 Å².